The van der Waals surface area contributed by atoms with Gasteiger partial charge in [0.15, 0.2) is 0 Å². The fourth-order valence-corrected chi connectivity index (χ4v) is 1.41. The fourth-order valence-electron chi connectivity index (χ4n) is 1.41. The van der Waals surface area contributed by atoms with Crippen molar-refractivity contribution >= 4 is 0 Å². The van der Waals surface area contributed by atoms with Crippen LogP contribution in [0.2, 0.25) is 0 Å². The molecule has 1 N–H and O–H groups in total. The Morgan fingerprint density at radius 3 is 2.71 bits per heavy atom. The van der Waals surface area contributed by atoms with E-state index in [4.69, 9.17) is 5.26 Å². The van der Waals surface area contributed by atoms with Crippen LogP contribution in [0.1, 0.15) is 18.9 Å². The third-order valence-corrected chi connectivity index (χ3v) is 2.11. The van der Waals surface area contributed by atoms with Crippen molar-refractivity contribution in [2.75, 3.05) is 6.54 Å². The van der Waals surface area contributed by atoms with Crippen molar-refractivity contribution in [3.8, 4) is 6.07 Å². The van der Waals surface area contributed by atoms with Gasteiger partial charge in [-0.25, -0.2) is 0 Å². The average Bonchev–Trinajstić information content (AvgIpc) is 2.20. The normalized spacial score (nSPS) is 12.0. The molecule has 0 bridgehead atoms. The van der Waals surface area contributed by atoms with E-state index in [1.807, 2.05) is 6.07 Å². The van der Waals surface area contributed by atoms with Gasteiger partial charge in [0, 0.05) is 19.0 Å². The van der Waals surface area contributed by atoms with Crippen molar-refractivity contribution in [3.63, 3.8) is 0 Å². The minimum atomic E-state index is 0.436. The lowest BCUT2D eigenvalue weighted by atomic mass is 10.1. The number of benzene rings is 1. The molecule has 0 saturated heterocycles. The zero-order valence-electron chi connectivity index (χ0n) is 8.53. The SMILES string of the molecule is C[C@@H](Cc1ccccc1)NCCC#N. The molecule has 1 aromatic rings. The summed E-state index contributed by atoms with van der Waals surface area (Å²) in [5, 5.41) is 11.7. The number of hydrogen-bond acceptors (Lipinski definition) is 2. The Morgan fingerprint density at radius 2 is 2.07 bits per heavy atom. The number of rotatable bonds is 5. The number of nitrogens with one attached hydrogen (secondary N) is 1. The lowest BCUT2D eigenvalue weighted by Gasteiger charge is -2.12. The predicted molar refractivity (Wildman–Crippen MR) is 57.8 cm³/mol. The average molecular weight is 188 g/mol. The minimum absolute atomic E-state index is 0.436. The predicted octanol–water partition coefficient (Wildman–Crippen LogP) is 2.12. The van der Waals surface area contributed by atoms with Crippen molar-refractivity contribution in [1.82, 2.24) is 5.32 Å². The summed E-state index contributed by atoms with van der Waals surface area (Å²) in [6, 6.07) is 12.9. The summed E-state index contributed by atoms with van der Waals surface area (Å²) in [7, 11) is 0. The monoisotopic (exact) mass is 188 g/mol. The van der Waals surface area contributed by atoms with Gasteiger partial charge in [0.05, 0.1) is 6.07 Å². The van der Waals surface area contributed by atoms with Gasteiger partial charge in [-0.3, -0.25) is 0 Å². The van der Waals surface area contributed by atoms with E-state index in [0.29, 0.717) is 12.5 Å². The van der Waals surface area contributed by atoms with Crippen LogP contribution in [-0.2, 0) is 6.42 Å². The first-order valence-electron chi connectivity index (χ1n) is 4.97. The molecule has 1 rings (SSSR count). The van der Waals surface area contributed by atoms with Gasteiger partial charge in [-0.1, -0.05) is 30.3 Å². The molecule has 2 heteroatoms. The maximum absolute atomic E-state index is 8.38. The summed E-state index contributed by atoms with van der Waals surface area (Å²) in [4.78, 5) is 0. The Hall–Kier alpha value is -1.33. The quantitative estimate of drug-likeness (QED) is 0.718. The standard InChI is InChI=1S/C12H16N2/c1-11(14-9-5-8-13)10-12-6-3-2-4-7-12/h2-4,6-7,11,14H,5,9-10H2,1H3/t11-/m0/s1. The molecule has 14 heavy (non-hydrogen) atoms. The summed E-state index contributed by atoms with van der Waals surface area (Å²) < 4.78 is 0. The maximum atomic E-state index is 8.38. The van der Waals surface area contributed by atoms with Crippen LogP contribution in [0.3, 0.4) is 0 Å². The number of nitriles is 1. The summed E-state index contributed by atoms with van der Waals surface area (Å²) in [5.74, 6) is 0. The molecule has 1 atom stereocenters. The molecule has 0 aliphatic rings. The van der Waals surface area contributed by atoms with E-state index < -0.39 is 0 Å². The van der Waals surface area contributed by atoms with Crippen molar-refractivity contribution < 1.29 is 0 Å². The van der Waals surface area contributed by atoms with E-state index in [2.05, 4.69) is 42.6 Å². The molecule has 0 aliphatic heterocycles. The van der Waals surface area contributed by atoms with Gasteiger partial charge >= 0.3 is 0 Å². The van der Waals surface area contributed by atoms with Crippen LogP contribution < -0.4 is 5.32 Å². The fraction of sp³-hybridized carbons (Fsp3) is 0.417. The number of hydrogen-bond donors (Lipinski definition) is 1. The van der Waals surface area contributed by atoms with Gasteiger partial charge in [-0.2, -0.15) is 5.26 Å². The zero-order chi connectivity index (χ0) is 10.2. The highest BCUT2D eigenvalue weighted by atomic mass is 14.9. The van der Waals surface area contributed by atoms with Crippen LogP contribution in [0.15, 0.2) is 30.3 Å². The first-order valence-corrected chi connectivity index (χ1v) is 4.97. The molecule has 0 aliphatic carbocycles. The van der Waals surface area contributed by atoms with Crippen LogP contribution in [0.4, 0.5) is 0 Å². The molecular weight excluding hydrogens is 172 g/mol. The van der Waals surface area contributed by atoms with Crippen molar-refractivity contribution in [1.29, 1.82) is 5.26 Å². The lowest BCUT2D eigenvalue weighted by molar-refractivity contribution is 0.553. The van der Waals surface area contributed by atoms with Gasteiger partial charge in [0.2, 0.25) is 0 Å². The van der Waals surface area contributed by atoms with E-state index in [0.717, 1.165) is 13.0 Å². The van der Waals surface area contributed by atoms with E-state index in [9.17, 15) is 0 Å². The Bertz CT molecular complexity index is 287. The van der Waals surface area contributed by atoms with Crippen LogP contribution in [0, 0.1) is 11.3 Å². The second-order valence-electron chi connectivity index (χ2n) is 3.45. The summed E-state index contributed by atoms with van der Waals surface area (Å²) in [5.41, 5.74) is 1.34. The Morgan fingerprint density at radius 1 is 1.36 bits per heavy atom. The number of nitrogens with zero attached hydrogens (tertiary/aromatic N) is 1. The summed E-state index contributed by atoms with van der Waals surface area (Å²) in [6.45, 7) is 2.93. The van der Waals surface area contributed by atoms with Crippen LogP contribution in [-0.4, -0.2) is 12.6 Å². The molecule has 74 valence electrons. The van der Waals surface area contributed by atoms with Crippen molar-refractivity contribution in [2.45, 2.75) is 25.8 Å². The van der Waals surface area contributed by atoms with E-state index >= 15 is 0 Å². The third kappa shape index (κ3) is 4.06. The molecule has 0 saturated carbocycles. The van der Waals surface area contributed by atoms with E-state index in [1.54, 1.807) is 0 Å². The molecule has 1 aromatic carbocycles. The zero-order valence-corrected chi connectivity index (χ0v) is 8.53. The van der Waals surface area contributed by atoms with E-state index in [1.165, 1.54) is 5.56 Å². The van der Waals surface area contributed by atoms with E-state index in [-0.39, 0.29) is 0 Å². The topological polar surface area (TPSA) is 35.8 Å². The van der Waals surface area contributed by atoms with Gasteiger partial charge in [0.1, 0.15) is 0 Å². The van der Waals surface area contributed by atoms with Crippen LogP contribution in [0.5, 0.6) is 0 Å². The van der Waals surface area contributed by atoms with Gasteiger partial charge < -0.3 is 5.32 Å². The smallest absolute Gasteiger partial charge is 0.0635 e. The highest BCUT2D eigenvalue weighted by Crippen LogP contribution is 2.02. The molecule has 0 radical (unpaired) electrons. The van der Waals surface area contributed by atoms with Gasteiger partial charge in [0.25, 0.3) is 0 Å². The highest BCUT2D eigenvalue weighted by molar-refractivity contribution is 5.15. The van der Waals surface area contributed by atoms with Crippen LogP contribution in [0.25, 0.3) is 0 Å². The molecule has 0 fully saturated rings. The Labute approximate surface area is 85.6 Å². The molecule has 0 amide bonds. The maximum Gasteiger partial charge on any atom is 0.0635 e. The molecule has 2 nitrogen and oxygen atoms in total. The van der Waals surface area contributed by atoms with Gasteiger partial charge in [-0.05, 0) is 18.9 Å². The van der Waals surface area contributed by atoms with Crippen molar-refractivity contribution in [3.05, 3.63) is 35.9 Å². The summed E-state index contributed by atoms with van der Waals surface area (Å²) in [6.07, 6.45) is 1.60. The first-order chi connectivity index (χ1) is 6.83. The molecule has 0 unspecified atom stereocenters. The minimum Gasteiger partial charge on any atom is -0.313 e. The van der Waals surface area contributed by atoms with Crippen LogP contribution >= 0.6 is 0 Å². The Kier molecular flexibility index (Phi) is 4.74. The van der Waals surface area contributed by atoms with Crippen molar-refractivity contribution in [2.24, 2.45) is 0 Å². The molecule has 0 spiro atoms. The third-order valence-electron chi connectivity index (χ3n) is 2.11. The largest absolute Gasteiger partial charge is 0.313 e. The summed E-state index contributed by atoms with van der Waals surface area (Å²) >= 11 is 0. The lowest BCUT2D eigenvalue weighted by Crippen LogP contribution is -2.28. The Balaban J connectivity index is 2.28. The second kappa shape index (κ2) is 6.17. The molecular formula is C12H16N2. The second-order valence-corrected chi connectivity index (χ2v) is 3.45. The molecule has 0 aromatic heterocycles. The highest BCUT2D eigenvalue weighted by Gasteiger charge is 2.01. The first kappa shape index (κ1) is 10.7. The van der Waals surface area contributed by atoms with Gasteiger partial charge in [-0.15, -0.1) is 0 Å². The molecule has 0 heterocycles.